The lowest BCUT2D eigenvalue weighted by Gasteiger charge is -2.06. The van der Waals surface area contributed by atoms with Crippen LogP contribution < -0.4 is 10.5 Å². The van der Waals surface area contributed by atoms with Crippen molar-refractivity contribution in [1.29, 1.82) is 0 Å². The lowest BCUT2D eigenvalue weighted by Crippen LogP contribution is -2.22. The van der Waals surface area contributed by atoms with Gasteiger partial charge in [0, 0.05) is 23.3 Å². The van der Waals surface area contributed by atoms with Crippen LogP contribution in [0.5, 0.6) is 0 Å². The van der Waals surface area contributed by atoms with Crippen molar-refractivity contribution in [2.24, 2.45) is 0 Å². The van der Waals surface area contributed by atoms with Gasteiger partial charge in [-0.15, -0.1) is 0 Å². The fourth-order valence-corrected chi connectivity index (χ4v) is 2.84. The van der Waals surface area contributed by atoms with Gasteiger partial charge >= 0.3 is 0 Å². The minimum absolute atomic E-state index is 0.0223. The number of carbonyl (C=O) groups excluding carboxylic acids is 1. The average molecular weight is 344 g/mol. The number of hydrogen-bond donors (Lipinski definition) is 2. The van der Waals surface area contributed by atoms with Crippen LogP contribution in [0.25, 0.3) is 10.9 Å². The summed E-state index contributed by atoms with van der Waals surface area (Å²) in [5.41, 5.74) is 8.05. The predicted molar refractivity (Wildman–Crippen MR) is 92.0 cm³/mol. The smallest absolute Gasteiger partial charge is 0.262 e. The van der Waals surface area contributed by atoms with Crippen molar-refractivity contribution in [3.8, 4) is 0 Å². The maximum Gasteiger partial charge on any atom is 0.262 e. The third-order valence-electron chi connectivity index (χ3n) is 3.54. The van der Waals surface area contributed by atoms with E-state index in [0.717, 1.165) is 11.6 Å². The molecule has 0 aliphatic carbocycles. The second kappa shape index (κ2) is 6.06. The van der Waals surface area contributed by atoms with E-state index in [1.54, 1.807) is 18.3 Å². The molecule has 0 amide bonds. The Morgan fingerprint density at radius 2 is 2.04 bits per heavy atom. The average Bonchev–Trinajstić information content (AvgIpc) is 2.89. The van der Waals surface area contributed by atoms with Gasteiger partial charge in [-0.2, -0.15) is 0 Å². The highest BCUT2D eigenvalue weighted by Gasteiger charge is 2.14. The number of aromatic nitrogens is 2. The molecule has 0 radical (unpaired) electrons. The number of rotatable bonds is 4. The van der Waals surface area contributed by atoms with Gasteiger partial charge in [-0.1, -0.05) is 18.2 Å². The summed E-state index contributed by atoms with van der Waals surface area (Å²) < 4.78 is 26.2. The molecule has 8 heteroatoms. The van der Waals surface area contributed by atoms with Crippen molar-refractivity contribution in [1.82, 2.24) is 14.3 Å². The van der Waals surface area contributed by atoms with E-state index >= 15 is 0 Å². The summed E-state index contributed by atoms with van der Waals surface area (Å²) >= 11 is 0. The second-order valence-corrected chi connectivity index (χ2v) is 7.24. The molecular weight excluding hydrogens is 328 g/mol. The molecular formula is C16H16N4O3S. The maximum atomic E-state index is 12.8. The molecule has 0 aliphatic rings. The molecule has 3 N–H and O–H groups in total. The highest BCUT2D eigenvalue weighted by Crippen LogP contribution is 2.24. The van der Waals surface area contributed by atoms with Gasteiger partial charge < -0.3 is 5.73 Å². The first kappa shape index (κ1) is 16.2. The molecule has 3 aromatic rings. The molecule has 3 rings (SSSR count). The van der Waals surface area contributed by atoms with E-state index < -0.39 is 10.0 Å². The Hall–Kier alpha value is -2.71. The molecule has 0 saturated carbocycles. The minimum Gasteiger partial charge on any atom is -0.397 e. The fraction of sp³-hybridized carbons (Fsp3) is 0.125. The first-order chi connectivity index (χ1) is 11.3. The summed E-state index contributed by atoms with van der Waals surface area (Å²) in [6.07, 6.45) is 4.13. The Balaban J connectivity index is 1.95. The Morgan fingerprint density at radius 1 is 1.29 bits per heavy atom. The van der Waals surface area contributed by atoms with Crippen molar-refractivity contribution in [2.45, 2.75) is 6.54 Å². The molecule has 2 aromatic heterocycles. The molecule has 2 heterocycles. The van der Waals surface area contributed by atoms with Gasteiger partial charge in [0.05, 0.1) is 29.7 Å². The summed E-state index contributed by atoms with van der Waals surface area (Å²) in [4.78, 5) is 16.8. The van der Waals surface area contributed by atoms with Crippen LogP contribution in [0.4, 0.5) is 5.69 Å². The molecule has 0 saturated heterocycles. The van der Waals surface area contributed by atoms with Gasteiger partial charge in [0.15, 0.2) is 0 Å². The van der Waals surface area contributed by atoms with Gasteiger partial charge in [0.1, 0.15) is 0 Å². The number of pyridine rings is 1. The largest absolute Gasteiger partial charge is 0.397 e. The Kier molecular flexibility index (Phi) is 4.08. The molecule has 7 nitrogen and oxygen atoms in total. The van der Waals surface area contributed by atoms with Crippen LogP contribution in [-0.4, -0.2) is 30.1 Å². The third-order valence-corrected chi connectivity index (χ3v) is 4.21. The Labute approximate surface area is 139 Å². The molecule has 0 spiro atoms. The van der Waals surface area contributed by atoms with E-state index in [1.807, 2.05) is 24.3 Å². The van der Waals surface area contributed by atoms with E-state index in [0.29, 0.717) is 22.5 Å². The van der Waals surface area contributed by atoms with Gasteiger partial charge in [-0.05, 0) is 18.2 Å². The monoisotopic (exact) mass is 344 g/mol. The number of hydrogen-bond acceptors (Lipinski definition) is 5. The number of nitrogen functional groups attached to an aromatic ring is 1. The Bertz CT molecular complexity index is 1020. The van der Waals surface area contributed by atoms with Crippen LogP contribution in [0.1, 0.15) is 16.1 Å². The van der Waals surface area contributed by atoms with Crippen molar-refractivity contribution in [3.63, 3.8) is 0 Å². The first-order valence-corrected chi connectivity index (χ1v) is 9.04. The summed E-state index contributed by atoms with van der Waals surface area (Å²) in [5.74, 6) is -0.258. The van der Waals surface area contributed by atoms with Crippen LogP contribution in [0.3, 0.4) is 0 Å². The highest BCUT2D eigenvalue weighted by molar-refractivity contribution is 7.88. The van der Waals surface area contributed by atoms with Gasteiger partial charge in [-0.25, -0.2) is 13.1 Å². The van der Waals surface area contributed by atoms with E-state index in [9.17, 15) is 13.2 Å². The number of nitrogens with two attached hydrogens (primary N) is 1. The van der Waals surface area contributed by atoms with Crippen LogP contribution in [0.15, 0.2) is 48.8 Å². The number of fused-ring (bicyclic) bond motifs is 1. The van der Waals surface area contributed by atoms with Crippen LogP contribution in [-0.2, 0) is 16.6 Å². The summed E-state index contributed by atoms with van der Waals surface area (Å²) in [6.45, 7) is 0.0223. The van der Waals surface area contributed by atoms with E-state index in [4.69, 9.17) is 5.73 Å². The summed E-state index contributed by atoms with van der Waals surface area (Å²) in [6, 6.07) is 10.5. The predicted octanol–water partition coefficient (Wildman–Crippen LogP) is 1.36. The summed E-state index contributed by atoms with van der Waals surface area (Å²) in [5, 5.41) is 0.805. The molecule has 0 fully saturated rings. The Morgan fingerprint density at radius 3 is 2.79 bits per heavy atom. The molecule has 124 valence electrons. The van der Waals surface area contributed by atoms with E-state index in [-0.39, 0.29) is 12.5 Å². The lowest BCUT2D eigenvalue weighted by atomic mass is 10.2. The van der Waals surface area contributed by atoms with Gasteiger partial charge in [0.2, 0.25) is 10.0 Å². The zero-order chi connectivity index (χ0) is 17.3. The summed E-state index contributed by atoms with van der Waals surface area (Å²) in [7, 11) is -3.33. The number of anilines is 1. The molecule has 0 bridgehead atoms. The molecule has 24 heavy (non-hydrogen) atoms. The minimum atomic E-state index is -3.33. The highest BCUT2D eigenvalue weighted by atomic mass is 32.2. The fourth-order valence-electron chi connectivity index (χ4n) is 2.43. The van der Waals surface area contributed by atoms with Gasteiger partial charge in [0.25, 0.3) is 5.91 Å². The third kappa shape index (κ3) is 3.29. The number of para-hydroxylation sites is 1. The molecule has 0 unspecified atom stereocenters. The maximum absolute atomic E-state index is 12.8. The topological polar surface area (TPSA) is 107 Å². The van der Waals surface area contributed by atoms with Crippen molar-refractivity contribution >= 4 is 32.5 Å². The van der Waals surface area contributed by atoms with Crippen molar-refractivity contribution in [3.05, 3.63) is 60.0 Å². The molecule has 1 aromatic carbocycles. The standard InChI is InChI=1S/C16H16N4O3S/c1-24(22,23)19-9-12-8-11(6-7-18-12)16(21)20-10-14(17)13-4-2-3-5-15(13)20/h2-8,10,19H,9,17H2,1H3. The quantitative estimate of drug-likeness (QED) is 0.743. The lowest BCUT2D eigenvalue weighted by molar-refractivity contribution is 0.0965. The SMILES string of the molecule is CS(=O)(=O)NCc1cc(C(=O)n2cc(N)c3ccccc32)ccn1. The normalized spacial score (nSPS) is 11.7. The van der Waals surface area contributed by atoms with E-state index in [2.05, 4.69) is 9.71 Å². The number of benzene rings is 1. The van der Waals surface area contributed by atoms with Gasteiger partial charge in [-0.3, -0.25) is 14.3 Å². The number of sulfonamides is 1. The first-order valence-electron chi connectivity index (χ1n) is 7.15. The van der Waals surface area contributed by atoms with Crippen molar-refractivity contribution < 1.29 is 13.2 Å². The molecule has 0 atom stereocenters. The second-order valence-electron chi connectivity index (χ2n) is 5.41. The number of carbonyl (C=O) groups is 1. The van der Waals surface area contributed by atoms with Crippen molar-refractivity contribution in [2.75, 3.05) is 12.0 Å². The van der Waals surface area contributed by atoms with E-state index in [1.165, 1.54) is 10.8 Å². The molecule has 0 aliphatic heterocycles. The number of nitrogens with one attached hydrogen (secondary N) is 1. The number of nitrogens with zero attached hydrogens (tertiary/aromatic N) is 2. The van der Waals surface area contributed by atoms with Crippen LogP contribution in [0.2, 0.25) is 0 Å². The zero-order valence-electron chi connectivity index (χ0n) is 12.9. The zero-order valence-corrected chi connectivity index (χ0v) is 13.7. The van der Waals surface area contributed by atoms with Crippen LogP contribution in [0, 0.1) is 0 Å². The van der Waals surface area contributed by atoms with Crippen LogP contribution >= 0.6 is 0 Å².